The molecule has 0 aromatic carbocycles. The summed E-state index contributed by atoms with van der Waals surface area (Å²) in [5.41, 5.74) is 6.45. The fourth-order valence-corrected chi connectivity index (χ4v) is 1.00. The smallest absolute Gasteiger partial charge is 0.289 e. The Balaban J connectivity index is 3.09. The van der Waals surface area contributed by atoms with Gasteiger partial charge in [0.15, 0.2) is 0 Å². The van der Waals surface area contributed by atoms with E-state index in [1.807, 2.05) is 6.92 Å². The lowest BCUT2D eigenvalue weighted by Crippen LogP contribution is -2.18. The highest BCUT2D eigenvalue weighted by atomic mass is 16.1. The Morgan fingerprint density at radius 1 is 1.64 bits per heavy atom. The van der Waals surface area contributed by atoms with Crippen LogP contribution in [-0.2, 0) is 6.54 Å². The van der Waals surface area contributed by atoms with E-state index in [0.717, 1.165) is 12.1 Å². The quantitative estimate of drug-likeness (QED) is 0.652. The summed E-state index contributed by atoms with van der Waals surface area (Å²) in [7, 11) is 0. The highest BCUT2D eigenvalue weighted by molar-refractivity contribution is 5.39. The van der Waals surface area contributed by atoms with Crippen molar-refractivity contribution in [1.82, 2.24) is 9.78 Å². The van der Waals surface area contributed by atoms with Gasteiger partial charge >= 0.3 is 0 Å². The van der Waals surface area contributed by atoms with E-state index < -0.39 is 0 Å². The molecule has 0 aliphatic carbocycles. The number of aromatic amines is 1. The average molecular weight is 155 g/mol. The number of nitrogens with one attached hydrogen (secondary N) is 1. The molecule has 4 heteroatoms. The second kappa shape index (κ2) is 2.82. The number of hydrogen-bond acceptors (Lipinski definition) is 2. The Morgan fingerprint density at radius 3 is 2.64 bits per heavy atom. The molecule has 62 valence electrons. The van der Waals surface area contributed by atoms with E-state index in [0.29, 0.717) is 12.2 Å². The van der Waals surface area contributed by atoms with Crippen LogP contribution in [0.1, 0.15) is 19.0 Å². The minimum Gasteiger partial charge on any atom is -0.393 e. The van der Waals surface area contributed by atoms with Gasteiger partial charge in [0.05, 0.1) is 5.69 Å². The van der Waals surface area contributed by atoms with E-state index in [1.165, 1.54) is 4.68 Å². The summed E-state index contributed by atoms with van der Waals surface area (Å²) >= 11 is 0. The summed E-state index contributed by atoms with van der Waals surface area (Å²) in [6.45, 7) is 4.51. The average Bonchev–Trinajstić information content (AvgIpc) is 2.19. The second-order valence-corrected chi connectivity index (χ2v) is 2.61. The van der Waals surface area contributed by atoms with Gasteiger partial charge in [-0.25, -0.2) is 0 Å². The number of nitrogens with zero attached hydrogens (tertiary/aromatic N) is 1. The fourth-order valence-electron chi connectivity index (χ4n) is 1.00. The molecule has 1 rings (SSSR count). The van der Waals surface area contributed by atoms with Crippen molar-refractivity contribution in [2.75, 3.05) is 5.73 Å². The van der Waals surface area contributed by atoms with Crippen molar-refractivity contribution in [3.63, 3.8) is 0 Å². The van der Waals surface area contributed by atoms with Crippen molar-refractivity contribution in [2.45, 2.75) is 26.8 Å². The van der Waals surface area contributed by atoms with Crippen LogP contribution in [0.5, 0.6) is 0 Å². The van der Waals surface area contributed by atoms with Crippen LogP contribution < -0.4 is 11.3 Å². The molecule has 0 fully saturated rings. The molecule has 0 radical (unpaired) electrons. The monoisotopic (exact) mass is 155 g/mol. The number of H-pyrrole nitrogens is 1. The van der Waals surface area contributed by atoms with Gasteiger partial charge in [0, 0.05) is 6.54 Å². The highest BCUT2D eigenvalue weighted by Gasteiger charge is 2.04. The van der Waals surface area contributed by atoms with E-state index in [4.69, 9.17) is 5.73 Å². The van der Waals surface area contributed by atoms with Crippen molar-refractivity contribution < 1.29 is 0 Å². The van der Waals surface area contributed by atoms with Gasteiger partial charge in [0.25, 0.3) is 5.56 Å². The van der Waals surface area contributed by atoms with E-state index in [-0.39, 0.29) is 5.56 Å². The molecule has 4 nitrogen and oxygen atoms in total. The summed E-state index contributed by atoms with van der Waals surface area (Å²) < 4.78 is 1.53. The molecular weight excluding hydrogens is 142 g/mol. The maximum atomic E-state index is 11.2. The summed E-state index contributed by atoms with van der Waals surface area (Å²) in [6, 6.07) is 0. The van der Waals surface area contributed by atoms with E-state index >= 15 is 0 Å². The van der Waals surface area contributed by atoms with Gasteiger partial charge < -0.3 is 5.73 Å². The first-order valence-electron chi connectivity index (χ1n) is 3.71. The van der Waals surface area contributed by atoms with Crippen molar-refractivity contribution in [3.8, 4) is 0 Å². The summed E-state index contributed by atoms with van der Waals surface area (Å²) in [5.74, 6) is 0. The van der Waals surface area contributed by atoms with Crippen molar-refractivity contribution >= 4 is 5.69 Å². The number of rotatable bonds is 2. The number of aromatic nitrogens is 2. The maximum absolute atomic E-state index is 11.2. The number of nitrogens with two attached hydrogens (primary N) is 1. The first-order chi connectivity index (χ1) is 5.16. The van der Waals surface area contributed by atoms with Crippen molar-refractivity contribution in [2.24, 2.45) is 0 Å². The molecule has 0 saturated carbocycles. The predicted molar refractivity (Wildman–Crippen MR) is 44.5 cm³/mol. The van der Waals surface area contributed by atoms with Crippen LogP contribution in [0.2, 0.25) is 0 Å². The van der Waals surface area contributed by atoms with E-state index in [9.17, 15) is 4.79 Å². The van der Waals surface area contributed by atoms with Gasteiger partial charge in [-0.15, -0.1) is 0 Å². The Labute approximate surface area is 65.0 Å². The van der Waals surface area contributed by atoms with Crippen LogP contribution in [0.4, 0.5) is 5.69 Å². The number of nitrogen functional groups attached to an aromatic ring is 1. The summed E-state index contributed by atoms with van der Waals surface area (Å²) in [4.78, 5) is 11.2. The fraction of sp³-hybridized carbons (Fsp3) is 0.571. The molecule has 0 aliphatic rings. The zero-order valence-corrected chi connectivity index (χ0v) is 6.85. The standard InChI is InChI=1S/C7H13N3O/c1-3-4-10-7(11)6(8)5(2)9-10/h9H,3-4,8H2,1-2H3. The number of hydrogen-bond donors (Lipinski definition) is 2. The molecule has 0 aliphatic heterocycles. The molecule has 1 aromatic rings. The zero-order chi connectivity index (χ0) is 8.43. The van der Waals surface area contributed by atoms with Gasteiger partial charge in [-0.1, -0.05) is 6.92 Å². The zero-order valence-electron chi connectivity index (χ0n) is 6.85. The third-order valence-electron chi connectivity index (χ3n) is 1.63. The van der Waals surface area contributed by atoms with Crippen LogP contribution in [0, 0.1) is 6.92 Å². The van der Waals surface area contributed by atoms with Crippen LogP contribution in [0.3, 0.4) is 0 Å². The van der Waals surface area contributed by atoms with Crippen molar-refractivity contribution in [1.29, 1.82) is 0 Å². The van der Waals surface area contributed by atoms with Gasteiger partial charge in [-0.2, -0.15) is 0 Å². The van der Waals surface area contributed by atoms with E-state index in [2.05, 4.69) is 5.10 Å². The molecule has 0 spiro atoms. The van der Waals surface area contributed by atoms with Gasteiger partial charge in [-0.05, 0) is 13.3 Å². The Kier molecular flexibility index (Phi) is 2.03. The molecule has 3 N–H and O–H groups in total. The van der Waals surface area contributed by atoms with Gasteiger partial charge in [-0.3, -0.25) is 14.6 Å². The molecule has 0 unspecified atom stereocenters. The topological polar surface area (TPSA) is 63.8 Å². The van der Waals surface area contributed by atoms with E-state index in [1.54, 1.807) is 6.92 Å². The SMILES string of the molecule is CCCn1[nH]c(C)c(N)c1=O. The normalized spacial score (nSPS) is 10.4. The van der Waals surface area contributed by atoms with Gasteiger partial charge in [0.1, 0.15) is 5.69 Å². The lowest BCUT2D eigenvalue weighted by Gasteiger charge is -1.95. The van der Waals surface area contributed by atoms with Crippen molar-refractivity contribution in [3.05, 3.63) is 16.0 Å². The number of anilines is 1. The number of aryl methyl sites for hydroxylation is 2. The molecule has 1 heterocycles. The first-order valence-corrected chi connectivity index (χ1v) is 3.71. The van der Waals surface area contributed by atoms with Gasteiger partial charge in [0.2, 0.25) is 0 Å². The molecule has 0 bridgehead atoms. The third-order valence-corrected chi connectivity index (χ3v) is 1.63. The lowest BCUT2D eigenvalue weighted by atomic mass is 10.4. The summed E-state index contributed by atoms with van der Waals surface area (Å²) in [5, 5.41) is 2.89. The molecule has 0 amide bonds. The Morgan fingerprint density at radius 2 is 2.27 bits per heavy atom. The predicted octanol–water partition coefficient (Wildman–Crippen LogP) is 0.477. The highest BCUT2D eigenvalue weighted by Crippen LogP contribution is 1.99. The Hall–Kier alpha value is -1.19. The second-order valence-electron chi connectivity index (χ2n) is 2.61. The molecule has 1 aromatic heterocycles. The minimum atomic E-state index is -0.107. The molecular formula is C7H13N3O. The van der Waals surface area contributed by atoms with Crippen LogP contribution in [-0.4, -0.2) is 9.78 Å². The lowest BCUT2D eigenvalue weighted by molar-refractivity contribution is 0.582. The van der Waals surface area contributed by atoms with Crippen LogP contribution >= 0.6 is 0 Å². The minimum absolute atomic E-state index is 0.107. The molecule has 0 atom stereocenters. The Bertz CT molecular complexity index is 297. The first kappa shape index (κ1) is 7.91. The molecule has 11 heavy (non-hydrogen) atoms. The largest absolute Gasteiger partial charge is 0.393 e. The molecule has 0 saturated heterocycles. The summed E-state index contributed by atoms with van der Waals surface area (Å²) in [6.07, 6.45) is 0.930. The van der Waals surface area contributed by atoms with Crippen LogP contribution in [0.15, 0.2) is 4.79 Å². The maximum Gasteiger partial charge on any atom is 0.289 e. The van der Waals surface area contributed by atoms with Crippen LogP contribution in [0.25, 0.3) is 0 Å². The third kappa shape index (κ3) is 1.29.